The number of hydrogen-bond acceptors (Lipinski definition) is 12. The number of benzene rings is 3. The molecule has 0 aromatic heterocycles. The SMILES string of the molecule is NC(=O)CNC(=O)CNC(=O)CNC(=O)CNC(=O)CNC(=O)CNC(=O)CNC(=O)CNC(=O)CNC(=O)CNC(=O)CCc1ccc(N2CP(c3ccccc3)CCP(c3ccccc3)C2)cc1. The van der Waals surface area contributed by atoms with Crippen LogP contribution in [0.5, 0.6) is 0 Å². The van der Waals surface area contributed by atoms with Crippen LogP contribution in [0.25, 0.3) is 0 Å². The largest absolute Gasteiger partial charge is 0.368 e. The minimum atomic E-state index is -0.773. The average Bonchev–Trinajstić information content (AvgIpc) is 3.60. The zero-order chi connectivity index (χ0) is 50.7. The maximum absolute atomic E-state index is 12.6. The molecule has 1 aliphatic rings. The quantitative estimate of drug-likeness (QED) is 0.0340. The van der Waals surface area contributed by atoms with Crippen LogP contribution in [0.1, 0.15) is 12.0 Å². The lowest BCUT2D eigenvalue weighted by Gasteiger charge is -2.29. The normalized spacial score (nSPS) is 14.0. The van der Waals surface area contributed by atoms with Crippen LogP contribution in [-0.2, 0) is 59.2 Å². The highest BCUT2D eigenvalue weighted by atomic mass is 31.1. The fourth-order valence-corrected chi connectivity index (χ4v) is 12.0. The summed E-state index contributed by atoms with van der Waals surface area (Å²) in [5.74, 6) is -7.64. The van der Waals surface area contributed by atoms with Gasteiger partial charge in [0.05, 0.1) is 65.4 Å². The van der Waals surface area contributed by atoms with Gasteiger partial charge in [0.25, 0.3) is 0 Å². The van der Waals surface area contributed by atoms with Crippen LogP contribution in [0.2, 0.25) is 0 Å². The molecule has 0 radical (unpaired) electrons. The van der Waals surface area contributed by atoms with Gasteiger partial charge >= 0.3 is 0 Å². The molecule has 1 saturated heterocycles. The minimum Gasteiger partial charge on any atom is -0.368 e. The summed E-state index contributed by atoms with van der Waals surface area (Å²) in [5.41, 5.74) is 7.02. The van der Waals surface area contributed by atoms with E-state index >= 15 is 0 Å². The third kappa shape index (κ3) is 22.1. The fourth-order valence-electron chi connectivity index (χ4n) is 6.28. The standard InChI is InChI=1S/C45H58N12O11P2/c46-35(58)19-47-37(60)21-49-39(62)23-51-41(64)25-53-43(66)27-55-45(68)28-56-44(67)26-54-42(65)24-52-40(63)22-50-38(61)20-48-36(59)16-13-31-11-14-32(15-12-31)57-29-69(33-7-3-1-4-8-33)17-18-70(30-57)34-9-5-2-6-10-34/h1-12,14-15H,13,16-30H2,(H2,46,58)(H,47,60)(H,48,59)(H,49,62)(H,50,61)(H,51,64)(H,52,63)(H,53,66)(H,54,65)(H,55,68)(H,56,67). The van der Waals surface area contributed by atoms with Gasteiger partial charge in [-0.15, -0.1) is 0 Å². The first kappa shape index (κ1) is 55.1. The van der Waals surface area contributed by atoms with Crippen molar-refractivity contribution in [3.05, 3.63) is 90.5 Å². The van der Waals surface area contributed by atoms with E-state index in [9.17, 15) is 52.7 Å². The molecule has 0 aliphatic carbocycles. The van der Waals surface area contributed by atoms with E-state index in [0.29, 0.717) is 6.42 Å². The minimum absolute atomic E-state index is 0.153. The Kier molecular flexibility index (Phi) is 23.7. The van der Waals surface area contributed by atoms with Crippen molar-refractivity contribution in [1.29, 1.82) is 0 Å². The van der Waals surface area contributed by atoms with Crippen LogP contribution in [0.15, 0.2) is 84.9 Å². The number of hydrogen-bond donors (Lipinski definition) is 11. The maximum atomic E-state index is 12.6. The van der Waals surface area contributed by atoms with Gasteiger partial charge in [0.2, 0.25) is 65.0 Å². The summed E-state index contributed by atoms with van der Waals surface area (Å²) in [6.07, 6.45) is 4.94. The van der Waals surface area contributed by atoms with Crippen LogP contribution < -0.4 is 74.4 Å². The smallest absolute Gasteiger partial charge is 0.239 e. The van der Waals surface area contributed by atoms with E-state index in [0.717, 1.165) is 23.8 Å². The third-order valence-corrected chi connectivity index (χ3v) is 15.3. The highest BCUT2D eigenvalue weighted by Crippen LogP contribution is 2.48. The maximum Gasteiger partial charge on any atom is 0.239 e. The summed E-state index contributed by atoms with van der Waals surface area (Å²) >= 11 is 0. The molecule has 2 atom stereocenters. The van der Waals surface area contributed by atoms with Crippen LogP contribution in [-0.4, -0.2) is 155 Å². The summed E-state index contributed by atoms with van der Waals surface area (Å²) in [6, 6.07) is 29.8. The van der Waals surface area contributed by atoms with Crippen molar-refractivity contribution in [2.75, 3.05) is 95.2 Å². The second kappa shape index (κ2) is 30.1. The Morgan fingerprint density at radius 2 is 0.671 bits per heavy atom. The second-order valence-corrected chi connectivity index (χ2v) is 20.1. The Balaban J connectivity index is 1.02. The third-order valence-electron chi connectivity index (χ3n) is 9.98. The van der Waals surface area contributed by atoms with Gasteiger partial charge < -0.3 is 63.8 Å². The highest BCUT2D eigenvalue weighted by Gasteiger charge is 2.26. The van der Waals surface area contributed by atoms with Gasteiger partial charge in [-0.2, -0.15) is 0 Å². The number of rotatable bonds is 26. The van der Waals surface area contributed by atoms with E-state index in [1.807, 2.05) is 12.1 Å². The van der Waals surface area contributed by atoms with Gasteiger partial charge in [-0.1, -0.05) is 88.6 Å². The van der Waals surface area contributed by atoms with Crippen molar-refractivity contribution in [2.24, 2.45) is 5.73 Å². The molecule has 2 unspecified atom stereocenters. The van der Waals surface area contributed by atoms with Crippen LogP contribution >= 0.6 is 15.8 Å². The zero-order valence-electron chi connectivity index (χ0n) is 38.3. The predicted molar refractivity (Wildman–Crippen MR) is 262 cm³/mol. The molecule has 0 spiro atoms. The molecule has 3 aromatic carbocycles. The number of carbonyl (C=O) groups excluding carboxylic acids is 11. The number of amides is 11. The molecule has 1 fully saturated rings. The first-order valence-corrected chi connectivity index (χ1v) is 25.4. The van der Waals surface area contributed by atoms with E-state index < -0.39 is 118 Å². The van der Waals surface area contributed by atoms with Crippen LogP contribution in [0.3, 0.4) is 0 Å². The summed E-state index contributed by atoms with van der Waals surface area (Å²) in [7, 11) is -0.727. The number of aryl methyl sites for hydroxylation is 1. The zero-order valence-corrected chi connectivity index (χ0v) is 40.1. The van der Waals surface area contributed by atoms with Gasteiger partial charge in [0, 0.05) is 24.7 Å². The lowest BCUT2D eigenvalue weighted by atomic mass is 10.1. The molecule has 1 aliphatic heterocycles. The predicted octanol–water partition coefficient (Wildman–Crippen LogP) is -4.38. The van der Waals surface area contributed by atoms with Gasteiger partial charge in [-0.05, 0) is 47.0 Å². The lowest BCUT2D eigenvalue weighted by molar-refractivity contribution is -0.130. The molecular weight excluding hydrogens is 947 g/mol. The summed E-state index contributed by atoms with van der Waals surface area (Å²) in [5, 5.41) is 25.4. The summed E-state index contributed by atoms with van der Waals surface area (Å²) in [6.45, 7) is -4.95. The summed E-state index contributed by atoms with van der Waals surface area (Å²) < 4.78 is 0. The average molecular weight is 1000 g/mol. The van der Waals surface area contributed by atoms with Crippen molar-refractivity contribution in [3.8, 4) is 0 Å². The molecule has 374 valence electrons. The molecule has 4 rings (SSSR count). The van der Waals surface area contributed by atoms with E-state index in [4.69, 9.17) is 5.73 Å². The van der Waals surface area contributed by atoms with Crippen molar-refractivity contribution in [2.45, 2.75) is 12.8 Å². The molecular formula is C45H58N12O11P2. The van der Waals surface area contributed by atoms with Crippen molar-refractivity contribution >= 4 is 97.1 Å². The van der Waals surface area contributed by atoms with Gasteiger partial charge in [-0.25, -0.2) is 0 Å². The Bertz CT molecular complexity index is 2260. The Morgan fingerprint density at radius 1 is 0.386 bits per heavy atom. The number of primary amides is 1. The first-order valence-electron chi connectivity index (χ1n) is 22.0. The fraction of sp³-hybridized carbons (Fsp3) is 0.356. The van der Waals surface area contributed by atoms with Crippen LogP contribution in [0.4, 0.5) is 5.69 Å². The topological polar surface area (TPSA) is 337 Å². The van der Waals surface area contributed by atoms with E-state index in [2.05, 4.69) is 131 Å². The molecule has 1 heterocycles. The highest BCUT2D eigenvalue weighted by molar-refractivity contribution is 7.70. The molecule has 23 nitrogen and oxygen atoms in total. The number of carbonyl (C=O) groups is 11. The summed E-state index contributed by atoms with van der Waals surface area (Å²) in [4.78, 5) is 133. The van der Waals surface area contributed by atoms with Gasteiger partial charge in [0.15, 0.2) is 0 Å². The molecule has 0 saturated carbocycles. The van der Waals surface area contributed by atoms with Crippen molar-refractivity contribution < 1.29 is 52.7 Å². The van der Waals surface area contributed by atoms with E-state index in [1.54, 1.807) is 0 Å². The monoisotopic (exact) mass is 1000 g/mol. The molecule has 0 bridgehead atoms. The number of nitrogens with two attached hydrogens (primary N) is 1. The molecule has 11 amide bonds. The van der Waals surface area contributed by atoms with E-state index in [1.165, 1.54) is 22.9 Å². The Labute approximate surface area is 406 Å². The second-order valence-electron chi connectivity index (χ2n) is 15.4. The molecule has 70 heavy (non-hydrogen) atoms. The van der Waals surface area contributed by atoms with Crippen LogP contribution in [0, 0.1) is 0 Å². The molecule has 25 heteroatoms. The van der Waals surface area contributed by atoms with E-state index in [-0.39, 0.29) is 34.7 Å². The van der Waals surface area contributed by atoms with Crippen molar-refractivity contribution in [3.63, 3.8) is 0 Å². The molecule has 12 N–H and O–H groups in total. The number of nitrogens with zero attached hydrogens (tertiary/aromatic N) is 1. The van der Waals surface area contributed by atoms with Gasteiger partial charge in [0.1, 0.15) is 0 Å². The number of nitrogens with one attached hydrogen (secondary N) is 10. The Hall–Kier alpha value is -7.51. The first-order chi connectivity index (χ1) is 33.6. The van der Waals surface area contributed by atoms with Crippen molar-refractivity contribution in [1.82, 2.24) is 53.2 Å². The van der Waals surface area contributed by atoms with Gasteiger partial charge in [-0.3, -0.25) is 52.7 Å². The number of anilines is 1. The Morgan fingerprint density at radius 3 is 0.971 bits per heavy atom. The molecule has 3 aromatic rings. The lowest BCUT2D eigenvalue weighted by Crippen LogP contribution is -2.47.